The normalized spacial score (nSPS) is 17.2. The molecular weight excluding hydrogens is 560 g/mol. The van der Waals surface area contributed by atoms with Crippen LogP contribution in [0.25, 0.3) is 0 Å². The third-order valence-corrected chi connectivity index (χ3v) is 8.11. The van der Waals surface area contributed by atoms with Crippen LogP contribution in [-0.4, -0.2) is 103 Å². The summed E-state index contributed by atoms with van der Waals surface area (Å²) < 4.78 is 5.66. The van der Waals surface area contributed by atoms with Crippen LogP contribution in [0.1, 0.15) is 70.8 Å². The monoisotopic (exact) mass is 614 g/mol. The number of hydrogen-bond acceptors (Lipinski definition) is 7. The first kappa shape index (κ1) is 37.1. The summed E-state index contributed by atoms with van der Waals surface area (Å²) in [7, 11) is 5.39. The number of ether oxygens (including phenoxy) is 1. The second-order valence-corrected chi connectivity index (χ2v) is 12.8. The van der Waals surface area contributed by atoms with E-state index in [1.165, 1.54) is 11.3 Å². The Labute approximate surface area is 263 Å². The summed E-state index contributed by atoms with van der Waals surface area (Å²) >= 11 is 0. The first-order valence-electron chi connectivity index (χ1n) is 15.9. The highest BCUT2D eigenvalue weighted by Gasteiger charge is 2.34. The highest BCUT2D eigenvalue weighted by atomic mass is 16.6. The smallest absolute Gasteiger partial charge is 0.410 e. The van der Waals surface area contributed by atoms with Crippen molar-refractivity contribution < 1.29 is 29.3 Å². The fourth-order valence-corrected chi connectivity index (χ4v) is 5.50. The molecule has 44 heavy (non-hydrogen) atoms. The van der Waals surface area contributed by atoms with Gasteiger partial charge in [-0.1, -0.05) is 76.3 Å². The van der Waals surface area contributed by atoms with Crippen LogP contribution in [0.15, 0.2) is 30.3 Å². The maximum absolute atomic E-state index is 13.6. The second-order valence-electron chi connectivity index (χ2n) is 12.8. The van der Waals surface area contributed by atoms with Crippen LogP contribution in [0, 0.1) is 24.2 Å². The molecule has 1 fully saturated rings. The van der Waals surface area contributed by atoms with Crippen LogP contribution in [0.4, 0.5) is 4.79 Å². The maximum Gasteiger partial charge on any atom is 0.410 e. The Hall–Kier alpha value is -3.13. The zero-order valence-corrected chi connectivity index (χ0v) is 27.2. The van der Waals surface area contributed by atoms with Crippen LogP contribution in [0.5, 0.6) is 0 Å². The predicted octanol–water partition coefficient (Wildman–Crippen LogP) is 2.96. The lowest BCUT2D eigenvalue weighted by atomic mass is 9.82. The topological polar surface area (TPSA) is 131 Å². The van der Waals surface area contributed by atoms with Gasteiger partial charge in [-0.15, -0.1) is 12.3 Å². The minimum absolute atomic E-state index is 0.104. The Morgan fingerprint density at radius 3 is 2.25 bits per heavy atom. The number of aliphatic hydroxyl groups excluding tert-OH is 2. The van der Waals surface area contributed by atoms with E-state index in [1.807, 2.05) is 63.2 Å². The molecule has 1 aromatic rings. The van der Waals surface area contributed by atoms with E-state index in [1.54, 1.807) is 7.05 Å². The summed E-state index contributed by atoms with van der Waals surface area (Å²) in [5.74, 6) is 1.72. The lowest BCUT2D eigenvalue weighted by Crippen LogP contribution is -2.56. The number of hydrogen-bond donors (Lipinski definition) is 4. The lowest BCUT2D eigenvalue weighted by molar-refractivity contribution is -0.135. The second kappa shape index (κ2) is 19.3. The zero-order valence-electron chi connectivity index (χ0n) is 27.2. The molecule has 0 saturated heterocycles. The van der Waals surface area contributed by atoms with Gasteiger partial charge in [0, 0.05) is 33.0 Å². The molecule has 2 rings (SSSR count). The third-order valence-electron chi connectivity index (χ3n) is 8.11. The molecule has 1 unspecified atom stereocenters. The van der Waals surface area contributed by atoms with E-state index in [-0.39, 0.29) is 18.8 Å². The molecule has 246 valence electrons. The van der Waals surface area contributed by atoms with Gasteiger partial charge >= 0.3 is 6.09 Å². The molecule has 0 heterocycles. The number of rotatable bonds is 17. The highest BCUT2D eigenvalue weighted by molar-refractivity contribution is 5.90. The van der Waals surface area contributed by atoms with Gasteiger partial charge in [-0.05, 0) is 44.3 Å². The molecule has 0 aliphatic heterocycles. The molecule has 4 N–H and O–H groups in total. The maximum atomic E-state index is 13.6. The molecular formula is C34H54N4O6. The van der Waals surface area contributed by atoms with Gasteiger partial charge in [0.05, 0.1) is 12.1 Å². The average molecular weight is 615 g/mol. The van der Waals surface area contributed by atoms with E-state index in [9.17, 15) is 24.6 Å². The van der Waals surface area contributed by atoms with Gasteiger partial charge in [0.1, 0.15) is 12.1 Å². The number of nitrogens with one attached hydrogen (secondary N) is 2. The predicted molar refractivity (Wildman–Crippen MR) is 172 cm³/mol. The van der Waals surface area contributed by atoms with Gasteiger partial charge in [0.25, 0.3) is 5.91 Å². The SMILES string of the molecule is C#CCC(NC(=O)[C@@H](Cc1ccccc1)OC(=O)N(C)CCN(C)C)C(=O)N[C@@H](CC1CCCCC1)[C@@H](O)[C@@H](O)CC(C)C. The number of aliphatic hydroxyl groups is 2. The minimum atomic E-state index is -1.21. The standard InChI is InChI=1S/C34H54N4O6/c1-7-14-27(32(41)36-28(22-25-15-10-8-11-16-25)31(40)29(39)21-24(2)3)35-33(42)30(23-26-17-12-9-13-18-26)44-34(43)38(6)20-19-37(4)5/h1,9,12-13,17-18,24-25,27-31,39-40H,8,10-11,14-16,19-23H2,2-6H3,(H,35,42)(H,36,41)/t27?,28-,29-,30+,31+/m0/s1. The number of carbonyl (C=O) groups is 3. The van der Waals surface area contributed by atoms with Crippen molar-refractivity contribution in [1.82, 2.24) is 20.4 Å². The van der Waals surface area contributed by atoms with E-state index >= 15 is 0 Å². The molecule has 3 amide bonds. The number of likely N-dealkylation sites (N-methyl/N-ethyl adjacent to an activating group) is 2. The summed E-state index contributed by atoms with van der Waals surface area (Å²) in [6.07, 6.45) is 7.81. The number of carbonyl (C=O) groups excluding carboxylic acids is 3. The fourth-order valence-electron chi connectivity index (χ4n) is 5.50. The van der Waals surface area contributed by atoms with Gasteiger partial charge in [0.2, 0.25) is 5.91 Å². The summed E-state index contributed by atoms with van der Waals surface area (Å²) in [5.41, 5.74) is 0.782. The van der Waals surface area contributed by atoms with Crippen LogP contribution < -0.4 is 10.6 Å². The van der Waals surface area contributed by atoms with Crippen molar-refractivity contribution in [2.45, 2.75) is 102 Å². The van der Waals surface area contributed by atoms with Gasteiger partial charge in [-0.2, -0.15) is 0 Å². The first-order valence-corrected chi connectivity index (χ1v) is 15.9. The zero-order chi connectivity index (χ0) is 32.6. The molecule has 5 atom stereocenters. The van der Waals surface area contributed by atoms with E-state index in [0.29, 0.717) is 31.8 Å². The quantitative estimate of drug-likeness (QED) is 0.199. The Morgan fingerprint density at radius 1 is 1.00 bits per heavy atom. The third kappa shape index (κ3) is 13.2. The van der Waals surface area contributed by atoms with Crippen LogP contribution in [-0.2, 0) is 20.7 Å². The molecule has 1 saturated carbocycles. The van der Waals surface area contributed by atoms with E-state index in [0.717, 1.165) is 31.2 Å². The molecule has 0 radical (unpaired) electrons. The fraction of sp³-hybridized carbons (Fsp3) is 0.676. The van der Waals surface area contributed by atoms with E-state index < -0.39 is 48.3 Å². The largest absolute Gasteiger partial charge is 0.436 e. The summed E-state index contributed by atoms with van der Waals surface area (Å²) in [6.45, 7) is 4.94. The van der Waals surface area contributed by atoms with Crippen LogP contribution in [0.3, 0.4) is 0 Å². The number of terminal acetylenes is 1. The minimum Gasteiger partial charge on any atom is -0.436 e. The molecule has 0 bridgehead atoms. The summed E-state index contributed by atoms with van der Waals surface area (Å²) in [5, 5.41) is 27.5. The van der Waals surface area contributed by atoms with Crippen LogP contribution in [0.2, 0.25) is 0 Å². The Morgan fingerprint density at radius 2 is 1.66 bits per heavy atom. The number of amides is 3. The van der Waals surface area contributed by atoms with E-state index in [2.05, 4.69) is 16.6 Å². The van der Waals surface area contributed by atoms with Crippen molar-refractivity contribution in [3.8, 4) is 12.3 Å². The molecule has 0 spiro atoms. The summed E-state index contributed by atoms with van der Waals surface area (Å²) in [6, 6.07) is 7.33. The van der Waals surface area contributed by atoms with Gasteiger partial charge < -0.3 is 35.4 Å². The van der Waals surface area contributed by atoms with Crippen molar-refractivity contribution in [3.05, 3.63) is 35.9 Å². The lowest BCUT2D eigenvalue weighted by Gasteiger charge is -2.33. The molecule has 0 aromatic heterocycles. The Kier molecular flexibility index (Phi) is 16.3. The van der Waals surface area contributed by atoms with Crippen molar-refractivity contribution in [2.24, 2.45) is 11.8 Å². The molecule has 10 heteroatoms. The molecule has 1 aliphatic rings. The Bertz CT molecular complexity index is 1050. The molecule has 10 nitrogen and oxygen atoms in total. The van der Waals surface area contributed by atoms with E-state index in [4.69, 9.17) is 11.2 Å². The van der Waals surface area contributed by atoms with Gasteiger partial charge in [0.15, 0.2) is 6.10 Å². The van der Waals surface area contributed by atoms with Gasteiger partial charge in [-0.3, -0.25) is 9.59 Å². The highest BCUT2D eigenvalue weighted by Crippen LogP contribution is 2.29. The average Bonchev–Trinajstić information content (AvgIpc) is 2.99. The van der Waals surface area contributed by atoms with Gasteiger partial charge in [-0.25, -0.2) is 4.79 Å². The van der Waals surface area contributed by atoms with Crippen LogP contribution >= 0.6 is 0 Å². The van der Waals surface area contributed by atoms with Crippen molar-refractivity contribution in [2.75, 3.05) is 34.2 Å². The van der Waals surface area contributed by atoms with Crippen molar-refractivity contribution in [1.29, 1.82) is 0 Å². The van der Waals surface area contributed by atoms with Crippen molar-refractivity contribution >= 4 is 17.9 Å². The molecule has 1 aromatic carbocycles. The summed E-state index contributed by atoms with van der Waals surface area (Å²) in [4.78, 5) is 43.4. The first-order chi connectivity index (χ1) is 20.9. The van der Waals surface area contributed by atoms with Crippen molar-refractivity contribution in [3.63, 3.8) is 0 Å². The number of nitrogens with zero attached hydrogens (tertiary/aromatic N) is 2. The number of benzene rings is 1. The Balaban J connectivity index is 2.21. The molecule has 1 aliphatic carbocycles.